The summed E-state index contributed by atoms with van der Waals surface area (Å²) in [6.45, 7) is 4.00. The molecule has 0 aliphatic carbocycles. The first-order valence-corrected chi connectivity index (χ1v) is 7.87. The van der Waals surface area contributed by atoms with Crippen molar-refractivity contribution in [2.45, 2.75) is 38.6 Å². The number of benzene rings is 1. The van der Waals surface area contributed by atoms with E-state index in [4.69, 9.17) is 0 Å². The lowest BCUT2D eigenvalue weighted by Crippen LogP contribution is -2.43. The molecule has 1 aromatic carbocycles. The van der Waals surface area contributed by atoms with E-state index >= 15 is 0 Å². The molecule has 0 aliphatic heterocycles. The summed E-state index contributed by atoms with van der Waals surface area (Å²) in [6, 6.07) is 6.36. The molecule has 21 heavy (non-hydrogen) atoms. The van der Waals surface area contributed by atoms with Crippen molar-refractivity contribution in [1.29, 1.82) is 0 Å². The number of carbonyl (C=O) groups is 1. The van der Waals surface area contributed by atoms with E-state index in [9.17, 15) is 9.18 Å². The molecule has 3 nitrogen and oxygen atoms in total. The van der Waals surface area contributed by atoms with Crippen molar-refractivity contribution in [3.8, 4) is 0 Å². The lowest BCUT2D eigenvalue weighted by molar-refractivity contribution is -0.123. The van der Waals surface area contributed by atoms with Gasteiger partial charge in [0, 0.05) is 18.0 Å². The predicted octanol–water partition coefficient (Wildman–Crippen LogP) is 3.66. The minimum Gasteiger partial charge on any atom is -0.344 e. The maximum atomic E-state index is 13.1. The molecular formula is C16H19FN2OS. The van der Waals surface area contributed by atoms with Crippen molar-refractivity contribution < 1.29 is 9.18 Å². The van der Waals surface area contributed by atoms with Crippen LogP contribution in [0.15, 0.2) is 35.8 Å². The number of rotatable bonds is 6. The van der Waals surface area contributed by atoms with Gasteiger partial charge in [0.05, 0.1) is 5.54 Å². The van der Waals surface area contributed by atoms with Crippen LogP contribution in [-0.2, 0) is 16.8 Å². The maximum absolute atomic E-state index is 13.1. The summed E-state index contributed by atoms with van der Waals surface area (Å²) in [5.41, 5.74) is 0.394. The van der Waals surface area contributed by atoms with Crippen LogP contribution in [0.25, 0.3) is 0 Å². The van der Waals surface area contributed by atoms with Gasteiger partial charge in [0.2, 0.25) is 5.91 Å². The molecule has 2 aromatic rings. The lowest BCUT2D eigenvalue weighted by Gasteiger charge is -2.27. The molecule has 0 saturated carbocycles. The first-order chi connectivity index (χ1) is 10.0. The van der Waals surface area contributed by atoms with Crippen LogP contribution in [0.5, 0.6) is 0 Å². The smallest absolute Gasteiger partial charge is 0.221 e. The predicted molar refractivity (Wildman–Crippen MR) is 82.6 cm³/mol. The van der Waals surface area contributed by atoms with Crippen LogP contribution in [0, 0.1) is 5.82 Å². The van der Waals surface area contributed by atoms with Gasteiger partial charge in [0.1, 0.15) is 10.8 Å². The molecule has 0 bridgehead atoms. The fourth-order valence-corrected chi connectivity index (χ4v) is 2.94. The van der Waals surface area contributed by atoms with Gasteiger partial charge < -0.3 is 5.32 Å². The van der Waals surface area contributed by atoms with E-state index in [1.165, 1.54) is 23.5 Å². The molecule has 1 N–H and O–H groups in total. The average Bonchev–Trinajstić information content (AvgIpc) is 3.00. The van der Waals surface area contributed by atoms with Gasteiger partial charge in [-0.3, -0.25) is 4.79 Å². The number of aryl methyl sites for hydroxylation is 1. The highest BCUT2D eigenvalue weighted by Crippen LogP contribution is 2.26. The molecule has 112 valence electrons. The van der Waals surface area contributed by atoms with Crippen molar-refractivity contribution in [3.63, 3.8) is 0 Å². The summed E-state index contributed by atoms with van der Waals surface area (Å²) in [7, 11) is 0. The molecule has 0 saturated heterocycles. The average molecular weight is 306 g/mol. The third-order valence-electron chi connectivity index (χ3n) is 3.56. The van der Waals surface area contributed by atoms with E-state index in [1.54, 1.807) is 12.3 Å². The number of aromatic nitrogens is 1. The highest BCUT2D eigenvalue weighted by molar-refractivity contribution is 7.09. The summed E-state index contributed by atoms with van der Waals surface area (Å²) in [4.78, 5) is 16.4. The van der Waals surface area contributed by atoms with Crippen LogP contribution >= 0.6 is 11.3 Å². The molecule has 0 aliphatic rings. The lowest BCUT2D eigenvalue weighted by atomic mass is 9.99. The Hall–Kier alpha value is -1.75. The van der Waals surface area contributed by atoms with Crippen LogP contribution in [0.4, 0.5) is 4.39 Å². The van der Waals surface area contributed by atoms with Crippen molar-refractivity contribution in [2.75, 3.05) is 0 Å². The Bertz CT molecular complexity index is 600. The second-order valence-corrected chi connectivity index (χ2v) is 6.10. The molecule has 2 rings (SSSR count). The minimum absolute atomic E-state index is 0.0428. The Morgan fingerprint density at radius 1 is 1.48 bits per heavy atom. The quantitative estimate of drug-likeness (QED) is 0.885. The zero-order valence-electron chi connectivity index (χ0n) is 12.2. The molecule has 0 radical (unpaired) electrons. The van der Waals surface area contributed by atoms with Crippen LogP contribution < -0.4 is 5.32 Å². The summed E-state index contributed by atoms with van der Waals surface area (Å²) in [5, 5.41) is 5.86. The molecule has 1 amide bonds. The molecular weight excluding hydrogens is 287 g/mol. The van der Waals surface area contributed by atoms with Gasteiger partial charge in [-0.2, -0.15) is 0 Å². The van der Waals surface area contributed by atoms with Crippen LogP contribution in [0.2, 0.25) is 0 Å². The van der Waals surface area contributed by atoms with E-state index in [0.29, 0.717) is 12.8 Å². The van der Waals surface area contributed by atoms with Crippen molar-refractivity contribution in [3.05, 3.63) is 52.2 Å². The van der Waals surface area contributed by atoms with Crippen LogP contribution in [0.1, 0.15) is 37.3 Å². The maximum Gasteiger partial charge on any atom is 0.221 e. The van der Waals surface area contributed by atoms with E-state index in [1.807, 2.05) is 25.3 Å². The highest BCUT2D eigenvalue weighted by atomic mass is 32.1. The normalized spacial score (nSPS) is 13.7. The summed E-state index contributed by atoms with van der Waals surface area (Å²) >= 11 is 1.54. The third-order valence-corrected chi connectivity index (χ3v) is 4.59. The Balaban J connectivity index is 1.95. The zero-order valence-corrected chi connectivity index (χ0v) is 13.0. The fourth-order valence-electron chi connectivity index (χ4n) is 2.11. The van der Waals surface area contributed by atoms with Crippen molar-refractivity contribution in [2.24, 2.45) is 0 Å². The highest BCUT2D eigenvalue weighted by Gasteiger charge is 2.28. The van der Waals surface area contributed by atoms with Gasteiger partial charge in [-0.1, -0.05) is 19.1 Å². The Morgan fingerprint density at radius 3 is 2.90 bits per heavy atom. The molecule has 1 heterocycles. The number of hydrogen-bond donors (Lipinski definition) is 1. The van der Waals surface area contributed by atoms with E-state index < -0.39 is 5.54 Å². The number of halogens is 1. The number of carbonyl (C=O) groups excluding carboxylic acids is 1. The Kier molecular flexibility index (Phi) is 5.07. The van der Waals surface area contributed by atoms with Gasteiger partial charge >= 0.3 is 0 Å². The number of amides is 1. The van der Waals surface area contributed by atoms with Gasteiger partial charge in [0.15, 0.2) is 0 Å². The first-order valence-electron chi connectivity index (χ1n) is 6.99. The van der Waals surface area contributed by atoms with Crippen LogP contribution in [0.3, 0.4) is 0 Å². The number of nitrogens with zero attached hydrogens (tertiary/aromatic N) is 1. The molecule has 0 fully saturated rings. The number of thiazole rings is 1. The van der Waals surface area contributed by atoms with Gasteiger partial charge in [0.25, 0.3) is 0 Å². The Labute approximate surface area is 128 Å². The monoisotopic (exact) mass is 306 g/mol. The first kappa shape index (κ1) is 15.6. The van der Waals surface area contributed by atoms with Gasteiger partial charge in [-0.25, -0.2) is 9.37 Å². The summed E-state index contributed by atoms with van der Waals surface area (Å²) in [6.07, 6.45) is 3.38. The zero-order chi connectivity index (χ0) is 15.3. The second-order valence-electron chi connectivity index (χ2n) is 5.20. The summed E-state index contributed by atoms with van der Waals surface area (Å²) < 4.78 is 13.1. The fraction of sp³-hybridized carbons (Fsp3) is 0.375. The van der Waals surface area contributed by atoms with E-state index in [2.05, 4.69) is 10.3 Å². The Morgan fingerprint density at radius 2 is 2.29 bits per heavy atom. The van der Waals surface area contributed by atoms with E-state index in [-0.39, 0.29) is 11.7 Å². The number of nitrogens with one attached hydrogen (secondary N) is 1. The third kappa shape index (κ3) is 4.11. The molecule has 0 spiro atoms. The molecule has 1 aromatic heterocycles. The van der Waals surface area contributed by atoms with Gasteiger partial charge in [-0.15, -0.1) is 11.3 Å². The van der Waals surface area contributed by atoms with Crippen molar-refractivity contribution >= 4 is 17.2 Å². The summed E-state index contributed by atoms with van der Waals surface area (Å²) in [5.74, 6) is -0.312. The largest absolute Gasteiger partial charge is 0.344 e. The van der Waals surface area contributed by atoms with Gasteiger partial charge in [-0.05, 0) is 37.5 Å². The standard InChI is InChI=1S/C16H19FN2OS/c1-3-16(2,15-18-9-10-21-15)19-14(20)8-7-12-5-4-6-13(17)11-12/h4-6,9-11H,3,7-8H2,1-2H3,(H,19,20)/t16-/m1/s1. The second kappa shape index (κ2) is 6.80. The minimum atomic E-state index is -0.437. The topological polar surface area (TPSA) is 42.0 Å². The van der Waals surface area contributed by atoms with E-state index in [0.717, 1.165) is 17.0 Å². The van der Waals surface area contributed by atoms with Crippen molar-refractivity contribution in [1.82, 2.24) is 10.3 Å². The SMILES string of the molecule is CC[C@@](C)(NC(=O)CCc1cccc(F)c1)c1nccs1. The molecule has 5 heteroatoms. The molecule has 0 unspecified atom stereocenters. The number of hydrogen-bond acceptors (Lipinski definition) is 3. The van der Waals surface area contributed by atoms with Crippen LogP contribution in [-0.4, -0.2) is 10.9 Å². The molecule has 1 atom stereocenters.